The molecule has 1 unspecified atom stereocenters. The standard InChI is InChI=1S/C22H27N3O2/c1-15-9-11-18(12-10-15)21(26)25-22(23-14-19-7-5-13-27-19)24-20-8-4-6-16(2)17(20)3/h4,6,8-12,19H,5,7,13-14H2,1-3H3,(H2,23,24,25,26). The van der Waals surface area contributed by atoms with Gasteiger partial charge in [0.15, 0.2) is 0 Å². The molecule has 1 aliphatic rings. The average molecular weight is 365 g/mol. The summed E-state index contributed by atoms with van der Waals surface area (Å²) in [5.74, 6) is 0.267. The molecule has 142 valence electrons. The molecule has 0 aliphatic carbocycles. The Kier molecular flexibility index (Phi) is 6.24. The van der Waals surface area contributed by atoms with Gasteiger partial charge in [0.2, 0.25) is 5.96 Å². The van der Waals surface area contributed by atoms with Crippen LogP contribution in [0.4, 0.5) is 5.69 Å². The number of guanidine groups is 1. The minimum atomic E-state index is -0.182. The van der Waals surface area contributed by atoms with Crippen molar-refractivity contribution in [2.24, 2.45) is 4.99 Å². The van der Waals surface area contributed by atoms with E-state index in [9.17, 15) is 4.79 Å². The van der Waals surface area contributed by atoms with E-state index in [1.165, 1.54) is 5.56 Å². The highest BCUT2D eigenvalue weighted by Crippen LogP contribution is 2.18. The van der Waals surface area contributed by atoms with Gasteiger partial charge in [0.1, 0.15) is 0 Å². The van der Waals surface area contributed by atoms with E-state index in [-0.39, 0.29) is 12.0 Å². The zero-order valence-corrected chi connectivity index (χ0v) is 16.2. The first-order chi connectivity index (χ1) is 13.0. The van der Waals surface area contributed by atoms with Gasteiger partial charge in [0.25, 0.3) is 5.91 Å². The molecule has 1 amide bonds. The molecule has 3 rings (SSSR count). The van der Waals surface area contributed by atoms with Crippen molar-refractivity contribution in [2.75, 3.05) is 18.5 Å². The lowest BCUT2D eigenvalue weighted by Gasteiger charge is -2.16. The van der Waals surface area contributed by atoms with E-state index in [0.29, 0.717) is 18.1 Å². The van der Waals surface area contributed by atoms with E-state index in [4.69, 9.17) is 4.74 Å². The van der Waals surface area contributed by atoms with Crippen molar-refractivity contribution < 1.29 is 9.53 Å². The van der Waals surface area contributed by atoms with Crippen LogP contribution in [0, 0.1) is 20.8 Å². The first-order valence-electron chi connectivity index (χ1n) is 9.40. The number of rotatable bonds is 4. The number of aliphatic imine (C=N–C) groups is 1. The molecule has 0 aromatic heterocycles. The molecule has 1 saturated heterocycles. The second-order valence-electron chi connectivity index (χ2n) is 7.02. The summed E-state index contributed by atoms with van der Waals surface area (Å²) in [7, 11) is 0. The summed E-state index contributed by atoms with van der Waals surface area (Å²) in [6.45, 7) is 7.43. The number of carbonyl (C=O) groups is 1. The van der Waals surface area contributed by atoms with Gasteiger partial charge in [0.05, 0.1) is 12.6 Å². The van der Waals surface area contributed by atoms with E-state index in [1.54, 1.807) is 0 Å². The maximum absolute atomic E-state index is 12.6. The number of anilines is 1. The van der Waals surface area contributed by atoms with Gasteiger partial charge in [-0.15, -0.1) is 0 Å². The van der Waals surface area contributed by atoms with Gasteiger partial charge in [-0.1, -0.05) is 29.8 Å². The van der Waals surface area contributed by atoms with Gasteiger partial charge in [-0.05, 0) is 62.9 Å². The predicted molar refractivity (Wildman–Crippen MR) is 109 cm³/mol. The smallest absolute Gasteiger partial charge is 0.257 e. The number of nitrogens with one attached hydrogen (secondary N) is 2. The topological polar surface area (TPSA) is 62.7 Å². The van der Waals surface area contributed by atoms with Gasteiger partial charge in [-0.2, -0.15) is 0 Å². The Morgan fingerprint density at radius 1 is 1.15 bits per heavy atom. The van der Waals surface area contributed by atoms with Gasteiger partial charge < -0.3 is 10.1 Å². The van der Waals surface area contributed by atoms with Crippen molar-refractivity contribution in [3.8, 4) is 0 Å². The average Bonchev–Trinajstić information content (AvgIpc) is 3.17. The summed E-state index contributed by atoms with van der Waals surface area (Å²) in [6.07, 6.45) is 2.19. The molecule has 1 aliphatic heterocycles. The third kappa shape index (κ3) is 5.17. The van der Waals surface area contributed by atoms with Crippen molar-refractivity contribution in [3.05, 3.63) is 64.7 Å². The predicted octanol–water partition coefficient (Wildman–Crippen LogP) is 3.99. The molecule has 2 aromatic carbocycles. The first kappa shape index (κ1) is 19.1. The Morgan fingerprint density at radius 3 is 2.63 bits per heavy atom. The third-order valence-corrected chi connectivity index (χ3v) is 4.88. The largest absolute Gasteiger partial charge is 0.376 e. The van der Waals surface area contributed by atoms with Crippen molar-refractivity contribution >= 4 is 17.6 Å². The zero-order valence-electron chi connectivity index (χ0n) is 16.2. The molecule has 2 N–H and O–H groups in total. The molecule has 1 heterocycles. The molecule has 0 saturated carbocycles. The molecule has 1 fully saturated rings. The molecule has 5 heteroatoms. The van der Waals surface area contributed by atoms with Crippen molar-refractivity contribution in [1.82, 2.24) is 5.32 Å². The maximum atomic E-state index is 12.6. The minimum Gasteiger partial charge on any atom is -0.376 e. The number of carbonyl (C=O) groups excluding carboxylic acids is 1. The number of aryl methyl sites for hydroxylation is 2. The summed E-state index contributed by atoms with van der Waals surface area (Å²) in [4.78, 5) is 17.2. The number of amides is 1. The fourth-order valence-corrected chi connectivity index (χ4v) is 2.99. The fraction of sp³-hybridized carbons (Fsp3) is 0.364. The van der Waals surface area contributed by atoms with Crippen molar-refractivity contribution in [3.63, 3.8) is 0 Å². The molecule has 27 heavy (non-hydrogen) atoms. The highest BCUT2D eigenvalue weighted by atomic mass is 16.5. The number of nitrogens with zero attached hydrogens (tertiary/aromatic N) is 1. The van der Waals surface area contributed by atoms with Gasteiger partial charge in [0, 0.05) is 17.9 Å². The summed E-state index contributed by atoms with van der Waals surface area (Å²) in [5.41, 5.74) is 4.97. The molecular weight excluding hydrogens is 338 g/mol. The summed E-state index contributed by atoms with van der Waals surface area (Å²) < 4.78 is 5.65. The third-order valence-electron chi connectivity index (χ3n) is 4.88. The summed E-state index contributed by atoms with van der Waals surface area (Å²) in [5, 5.41) is 6.20. The van der Waals surface area contributed by atoms with E-state index in [1.807, 2.05) is 43.3 Å². The van der Waals surface area contributed by atoms with Crippen LogP contribution in [0.2, 0.25) is 0 Å². The highest BCUT2D eigenvalue weighted by Gasteiger charge is 2.16. The second kappa shape index (κ2) is 8.82. The Morgan fingerprint density at radius 2 is 1.93 bits per heavy atom. The lowest BCUT2D eigenvalue weighted by atomic mass is 10.1. The second-order valence-corrected chi connectivity index (χ2v) is 7.02. The van der Waals surface area contributed by atoms with E-state index < -0.39 is 0 Å². The maximum Gasteiger partial charge on any atom is 0.257 e. The van der Waals surface area contributed by atoms with Crippen molar-refractivity contribution in [2.45, 2.75) is 39.7 Å². The van der Waals surface area contributed by atoms with Crippen LogP contribution in [-0.2, 0) is 4.74 Å². The minimum absolute atomic E-state index is 0.122. The van der Waals surface area contributed by atoms with Crippen LogP contribution in [-0.4, -0.2) is 31.1 Å². The number of hydrogen-bond donors (Lipinski definition) is 2. The van der Waals surface area contributed by atoms with Crippen LogP contribution in [0.25, 0.3) is 0 Å². The Hall–Kier alpha value is -2.66. The summed E-state index contributed by atoms with van der Waals surface area (Å²) >= 11 is 0. The highest BCUT2D eigenvalue weighted by molar-refractivity contribution is 6.10. The molecule has 0 bridgehead atoms. The lowest BCUT2D eigenvalue weighted by Crippen LogP contribution is -2.37. The molecule has 2 aromatic rings. The van der Waals surface area contributed by atoms with Gasteiger partial charge >= 0.3 is 0 Å². The van der Waals surface area contributed by atoms with Gasteiger partial charge in [-0.3, -0.25) is 10.1 Å². The molecule has 0 spiro atoms. The number of ether oxygens (including phenoxy) is 1. The Bertz CT molecular complexity index is 822. The van der Waals surface area contributed by atoms with Crippen LogP contribution >= 0.6 is 0 Å². The number of benzene rings is 2. The first-order valence-corrected chi connectivity index (χ1v) is 9.40. The number of hydrogen-bond acceptors (Lipinski definition) is 3. The summed E-state index contributed by atoms with van der Waals surface area (Å²) in [6, 6.07) is 13.5. The quantitative estimate of drug-likeness (QED) is 0.636. The Labute approximate surface area is 160 Å². The zero-order chi connectivity index (χ0) is 19.2. The lowest BCUT2D eigenvalue weighted by molar-refractivity contribution is 0.0975. The molecule has 1 atom stereocenters. The fourth-order valence-electron chi connectivity index (χ4n) is 2.99. The van der Waals surface area contributed by atoms with Crippen molar-refractivity contribution in [1.29, 1.82) is 0 Å². The van der Waals surface area contributed by atoms with Crippen LogP contribution in [0.3, 0.4) is 0 Å². The monoisotopic (exact) mass is 365 g/mol. The molecular formula is C22H27N3O2. The molecule has 5 nitrogen and oxygen atoms in total. The van der Waals surface area contributed by atoms with E-state index >= 15 is 0 Å². The van der Waals surface area contributed by atoms with E-state index in [2.05, 4.69) is 35.5 Å². The Balaban J connectivity index is 1.78. The SMILES string of the molecule is Cc1ccc(C(=O)NC(=NCC2CCCO2)Nc2cccc(C)c2C)cc1. The van der Waals surface area contributed by atoms with Gasteiger partial charge in [-0.25, -0.2) is 4.99 Å². The van der Waals surface area contributed by atoms with Crippen LogP contribution < -0.4 is 10.6 Å². The molecule has 0 radical (unpaired) electrons. The van der Waals surface area contributed by atoms with E-state index in [0.717, 1.165) is 36.3 Å². The normalized spacial score (nSPS) is 17.0. The van der Waals surface area contributed by atoms with Crippen LogP contribution in [0.1, 0.15) is 39.9 Å². The van der Waals surface area contributed by atoms with Crippen LogP contribution in [0.15, 0.2) is 47.5 Å². The van der Waals surface area contributed by atoms with Crippen LogP contribution in [0.5, 0.6) is 0 Å².